The highest BCUT2D eigenvalue weighted by Gasteiger charge is 2.01. The minimum absolute atomic E-state index is 0.234. The van der Waals surface area contributed by atoms with Crippen LogP contribution in [0.4, 0.5) is 15.8 Å². The first-order valence-corrected chi connectivity index (χ1v) is 5.36. The van der Waals surface area contributed by atoms with Crippen molar-refractivity contribution in [1.29, 1.82) is 0 Å². The lowest BCUT2D eigenvalue weighted by Gasteiger charge is -2.10. The lowest BCUT2D eigenvalue weighted by molar-refractivity contribution is 0.414. The van der Waals surface area contributed by atoms with Crippen LogP contribution < -0.4 is 10.1 Å². The summed E-state index contributed by atoms with van der Waals surface area (Å²) in [7, 11) is 1.64. The number of hydrogen-bond acceptors (Lipinski definition) is 2. The monoisotopic (exact) mass is 231 g/mol. The smallest absolute Gasteiger partial charge is 0.123 e. The van der Waals surface area contributed by atoms with Crippen molar-refractivity contribution in [3.05, 3.63) is 53.8 Å². The third-order valence-electron chi connectivity index (χ3n) is 2.56. The molecule has 0 saturated heterocycles. The van der Waals surface area contributed by atoms with Gasteiger partial charge in [0.05, 0.1) is 7.11 Å². The average molecular weight is 231 g/mol. The van der Waals surface area contributed by atoms with Gasteiger partial charge in [-0.05, 0) is 55.0 Å². The zero-order valence-electron chi connectivity index (χ0n) is 9.83. The fraction of sp³-hybridized carbons (Fsp3) is 0.143. The summed E-state index contributed by atoms with van der Waals surface area (Å²) < 4.78 is 17.9. The largest absolute Gasteiger partial charge is 0.497 e. The van der Waals surface area contributed by atoms with Gasteiger partial charge < -0.3 is 10.1 Å². The van der Waals surface area contributed by atoms with E-state index >= 15 is 0 Å². The Morgan fingerprint density at radius 3 is 2.35 bits per heavy atom. The quantitative estimate of drug-likeness (QED) is 0.865. The molecule has 0 atom stereocenters. The topological polar surface area (TPSA) is 21.3 Å². The summed E-state index contributed by atoms with van der Waals surface area (Å²) in [5.41, 5.74) is 2.92. The van der Waals surface area contributed by atoms with Gasteiger partial charge in [0.25, 0.3) is 0 Å². The minimum atomic E-state index is -0.234. The zero-order chi connectivity index (χ0) is 12.3. The molecule has 0 amide bonds. The van der Waals surface area contributed by atoms with E-state index in [0.717, 1.165) is 22.7 Å². The Bertz CT molecular complexity index is 508. The molecule has 1 N–H and O–H groups in total. The summed E-state index contributed by atoms with van der Waals surface area (Å²) in [6.07, 6.45) is 0. The fourth-order valence-corrected chi connectivity index (χ4v) is 1.59. The Hall–Kier alpha value is -2.03. The van der Waals surface area contributed by atoms with Gasteiger partial charge in [0.15, 0.2) is 0 Å². The van der Waals surface area contributed by atoms with Crippen LogP contribution in [0.3, 0.4) is 0 Å². The number of ether oxygens (including phenoxy) is 1. The fourth-order valence-electron chi connectivity index (χ4n) is 1.59. The number of nitrogens with one attached hydrogen (secondary N) is 1. The Morgan fingerprint density at radius 2 is 1.76 bits per heavy atom. The first kappa shape index (κ1) is 11.5. The summed E-state index contributed by atoms with van der Waals surface area (Å²) in [5.74, 6) is 0.592. The van der Waals surface area contributed by atoms with Crippen LogP contribution in [-0.2, 0) is 0 Å². The second-order valence-electron chi connectivity index (χ2n) is 3.81. The predicted octanol–water partition coefficient (Wildman–Crippen LogP) is 3.89. The van der Waals surface area contributed by atoms with E-state index in [2.05, 4.69) is 5.32 Å². The number of halogens is 1. The minimum Gasteiger partial charge on any atom is -0.497 e. The summed E-state index contributed by atoms with van der Waals surface area (Å²) >= 11 is 0. The van der Waals surface area contributed by atoms with E-state index in [1.54, 1.807) is 19.2 Å². The van der Waals surface area contributed by atoms with E-state index in [-0.39, 0.29) is 5.82 Å². The van der Waals surface area contributed by atoms with Crippen molar-refractivity contribution in [2.24, 2.45) is 0 Å². The van der Waals surface area contributed by atoms with Gasteiger partial charge in [-0.2, -0.15) is 0 Å². The average Bonchev–Trinajstić information content (AvgIpc) is 2.34. The molecular formula is C14H14FNO. The lowest BCUT2D eigenvalue weighted by Crippen LogP contribution is -1.94. The molecular weight excluding hydrogens is 217 g/mol. The van der Waals surface area contributed by atoms with Gasteiger partial charge in [0.2, 0.25) is 0 Å². The number of hydrogen-bond donors (Lipinski definition) is 1. The Balaban J connectivity index is 2.21. The molecule has 0 spiro atoms. The highest BCUT2D eigenvalue weighted by molar-refractivity contribution is 5.63. The Labute approximate surface area is 100 Å². The van der Waals surface area contributed by atoms with Crippen LogP contribution in [0.25, 0.3) is 0 Å². The molecule has 17 heavy (non-hydrogen) atoms. The number of rotatable bonds is 3. The van der Waals surface area contributed by atoms with Gasteiger partial charge in [-0.3, -0.25) is 0 Å². The second kappa shape index (κ2) is 4.87. The third-order valence-corrected chi connectivity index (χ3v) is 2.56. The maximum absolute atomic E-state index is 12.8. The molecule has 0 aliphatic rings. The van der Waals surface area contributed by atoms with Gasteiger partial charge in [-0.15, -0.1) is 0 Å². The SMILES string of the molecule is COc1ccc(Nc2ccc(F)cc2)c(C)c1. The van der Waals surface area contributed by atoms with Crippen molar-refractivity contribution >= 4 is 11.4 Å². The zero-order valence-corrected chi connectivity index (χ0v) is 9.83. The Kier molecular flexibility index (Phi) is 3.28. The van der Waals surface area contributed by atoms with Gasteiger partial charge >= 0.3 is 0 Å². The summed E-state index contributed by atoms with van der Waals surface area (Å²) in [5, 5.41) is 3.23. The molecule has 0 unspecified atom stereocenters. The molecule has 3 heteroatoms. The van der Waals surface area contributed by atoms with Gasteiger partial charge in [-0.25, -0.2) is 4.39 Å². The highest BCUT2D eigenvalue weighted by Crippen LogP contribution is 2.24. The van der Waals surface area contributed by atoms with Crippen LogP contribution in [0.15, 0.2) is 42.5 Å². The van der Waals surface area contributed by atoms with Crippen molar-refractivity contribution in [2.45, 2.75) is 6.92 Å². The lowest BCUT2D eigenvalue weighted by atomic mass is 10.2. The summed E-state index contributed by atoms with van der Waals surface area (Å²) in [6.45, 7) is 1.99. The van der Waals surface area contributed by atoms with Crippen LogP contribution in [0.1, 0.15) is 5.56 Å². The molecule has 2 aromatic carbocycles. The molecule has 2 rings (SSSR count). The molecule has 2 aromatic rings. The molecule has 0 aliphatic carbocycles. The van der Waals surface area contributed by atoms with Crippen molar-refractivity contribution in [1.82, 2.24) is 0 Å². The predicted molar refractivity (Wildman–Crippen MR) is 67.4 cm³/mol. The van der Waals surface area contributed by atoms with E-state index in [9.17, 15) is 4.39 Å². The first-order chi connectivity index (χ1) is 8.19. The molecule has 0 aliphatic heterocycles. The summed E-state index contributed by atoms with van der Waals surface area (Å²) in [6, 6.07) is 12.1. The van der Waals surface area contributed by atoms with E-state index in [1.807, 2.05) is 25.1 Å². The van der Waals surface area contributed by atoms with Gasteiger partial charge in [-0.1, -0.05) is 0 Å². The maximum atomic E-state index is 12.8. The van der Waals surface area contributed by atoms with Crippen molar-refractivity contribution in [2.75, 3.05) is 12.4 Å². The molecule has 0 radical (unpaired) electrons. The first-order valence-electron chi connectivity index (χ1n) is 5.36. The van der Waals surface area contributed by atoms with Crippen LogP contribution in [-0.4, -0.2) is 7.11 Å². The molecule has 88 valence electrons. The van der Waals surface area contributed by atoms with Crippen molar-refractivity contribution in [3.8, 4) is 5.75 Å². The van der Waals surface area contributed by atoms with Crippen molar-refractivity contribution in [3.63, 3.8) is 0 Å². The standard InChI is InChI=1S/C14H14FNO/c1-10-9-13(17-2)7-8-14(10)16-12-5-3-11(15)4-6-12/h3-9,16H,1-2H3. The van der Waals surface area contributed by atoms with Crippen LogP contribution in [0.5, 0.6) is 5.75 Å². The number of methoxy groups -OCH3 is 1. The third kappa shape index (κ3) is 2.75. The highest BCUT2D eigenvalue weighted by atomic mass is 19.1. The number of benzene rings is 2. The molecule has 0 aromatic heterocycles. The van der Waals surface area contributed by atoms with E-state index in [4.69, 9.17) is 4.74 Å². The molecule has 0 heterocycles. The van der Waals surface area contributed by atoms with Gasteiger partial charge in [0.1, 0.15) is 11.6 Å². The number of anilines is 2. The van der Waals surface area contributed by atoms with E-state index < -0.39 is 0 Å². The molecule has 2 nitrogen and oxygen atoms in total. The second-order valence-corrected chi connectivity index (χ2v) is 3.81. The Morgan fingerprint density at radius 1 is 1.06 bits per heavy atom. The van der Waals surface area contributed by atoms with Crippen LogP contribution in [0, 0.1) is 12.7 Å². The van der Waals surface area contributed by atoms with E-state index in [1.165, 1.54) is 12.1 Å². The molecule has 0 saturated carbocycles. The summed E-state index contributed by atoms with van der Waals surface area (Å²) in [4.78, 5) is 0. The molecule has 0 fully saturated rings. The van der Waals surface area contributed by atoms with Crippen LogP contribution >= 0.6 is 0 Å². The number of aryl methyl sites for hydroxylation is 1. The normalized spacial score (nSPS) is 10.1. The molecule has 0 bridgehead atoms. The van der Waals surface area contributed by atoms with Gasteiger partial charge in [0, 0.05) is 11.4 Å². The van der Waals surface area contributed by atoms with Crippen LogP contribution in [0.2, 0.25) is 0 Å². The maximum Gasteiger partial charge on any atom is 0.123 e. The van der Waals surface area contributed by atoms with E-state index in [0.29, 0.717) is 0 Å². The van der Waals surface area contributed by atoms with Crippen molar-refractivity contribution < 1.29 is 9.13 Å².